The van der Waals surface area contributed by atoms with Crippen molar-refractivity contribution in [2.45, 2.75) is 6.61 Å². The minimum absolute atomic E-state index is 0.0276. The maximum absolute atomic E-state index is 13.1. The van der Waals surface area contributed by atoms with E-state index in [0.29, 0.717) is 16.3 Å². The van der Waals surface area contributed by atoms with E-state index >= 15 is 0 Å². The number of imide groups is 2. The summed E-state index contributed by atoms with van der Waals surface area (Å²) < 4.78 is 10.8. The predicted molar refractivity (Wildman–Crippen MR) is 131 cm³/mol. The molecule has 3 aromatic carbocycles. The van der Waals surface area contributed by atoms with Gasteiger partial charge in [0.2, 0.25) is 0 Å². The Balaban J connectivity index is 1.57. The van der Waals surface area contributed by atoms with Crippen LogP contribution in [-0.4, -0.2) is 30.1 Å². The Hall–Kier alpha value is -4.01. The number of nitrogens with zero attached hydrogens (tertiary/aromatic N) is 1. The van der Waals surface area contributed by atoms with Gasteiger partial charge in [0.05, 0.1) is 17.8 Å². The maximum atomic E-state index is 13.1. The first-order valence-electron chi connectivity index (χ1n) is 10.2. The van der Waals surface area contributed by atoms with Gasteiger partial charge in [0, 0.05) is 10.6 Å². The number of amides is 4. The molecule has 0 atom stereocenters. The molecule has 178 valence electrons. The third kappa shape index (κ3) is 5.08. The molecule has 0 bridgehead atoms. The van der Waals surface area contributed by atoms with Gasteiger partial charge in [-0.15, -0.1) is 0 Å². The Morgan fingerprint density at radius 1 is 1.00 bits per heavy atom. The fourth-order valence-corrected chi connectivity index (χ4v) is 3.77. The van der Waals surface area contributed by atoms with Gasteiger partial charge in [0.15, 0.2) is 11.5 Å². The summed E-state index contributed by atoms with van der Waals surface area (Å²) in [6, 6.07) is 15.4. The van der Waals surface area contributed by atoms with Crippen molar-refractivity contribution in [2.24, 2.45) is 0 Å². The molecule has 0 aliphatic carbocycles. The number of halogens is 2. The molecule has 1 saturated heterocycles. The normalized spacial score (nSPS) is 14.8. The fourth-order valence-electron chi connectivity index (χ4n) is 3.36. The van der Waals surface area contributed by atoms with E-state index in [1.54, 1.807) is 18.2 Å². The third-order valence-corrected chi connectivity index (χ3v) is 5.79. The average molecular weight is 513 g/mol. The highest BCUT2D eigenvalue weighted by Gasteiger charge is 2.36. The molecule has 1 aliphatic rings. The third-order valence-electron chi connectivity index (χ3n) is 5.13. The SMILES string of the molecule is COc1cc(/C=C2\C(=O)NC(=O)N(c3ccc(OCc4ccccc4Cl)cc3)C2=O)cc(Cl)c1O. The lowest BCUT2D eigenvalue weighted by Gasteiger charge is -2.26. The van der Waals surface area contributed by atoms with Gasteiger partial charge in [-0.2, -0.15) is 0 Å². The van der Waals surface area contributed by atoms with E-state index in [0.717, 1.165) is 10.5 Å². The van der Waals surface area contributed by atoms with Gasteiger partial charge in [0.1, 0.15) is 17.9 Å². The van der Waals surface area contributed by atoms with Crippen molar-refractivity contribution in [1.29, 1.82) is 0 Å². The van der Waals surface area contributed by atoms with Gasteiger partial charge in [-0.25, -0.2) is 9.69 Å². The van der Waals surface area contributed by atoms with Crippen LogP contribution in [0.3, 0.4) is 0 Å². The first kappa shape index (κ1) is 24.1. The summed E-state index contributed by atoms with van der Waals surface area (Å²) in [4.78, 5) is 38.8. The molecule has 0 radical (unpaired) electrons. The van der Waals surface area contributed by atoms with E-state index < -0.39 is 17.8 Å². The standard InChI is InChI=1S/C25H18Cl2N2O6/c1-34-21-12-14(11-20(27)22(21)30)10-18-23(31)28-25(33)29(24(18)32)16-6-8-17(9-7-16)35-13-15-4-2-3-5-19(15)26/h2-12,30H,13H2,1H3,(H,28,31,33)/b18-10+. The maximum Gasteiger partial charge on any atom is 0.335 e. The number of carbonyl (C=O) groups excluding carboxylic acids is 3. The van der Waals surface area contributed by atoms with E-state index in [4.69, 9.17) is 32.7 Å². The predicted octanol–water partition coefficient (Wildman–Crippen LogP) is 4.95. The number of aromatic hydroxyl groups is 1. The van der Waals surface area contributed by atoms with Crippen LogP contribution in [0, 0.1) is 0 Å². The van der Waals surface area contributed by atoms with Gasteiger partial charge in [-0.1, -0.05) is 41.4 Å². The number of barbiturate groups is 1. The number of urea groups is 1. The summed E-state index contributed by atoms with van der Waals surface area (Å²) in [5.41, 5.74) is 1.06. The molecule has 2 N–H and O–H groups in total. The Morgan fingerprint density at radius 2 is 1.71 bits per heavy atom. The summed E-state index contributed by atoms with van der Waals surface area (Å²) in [7, 11) is 1.34. The second-order valence-electron chi connectivity index (χ2n) is 7.39. The number of anilines is 1. The number of methoxy groups -OCH3 is 1. The van der Waals surface area contributed by atoms with Crippen molar-refractivity contribution in [3.05, 3.63) is 87.4 Å². The topological polar surface area (TPSA) is 105 Å². The van der Waals surface area contributed by atoms with Gasteiger partial charge in [0.25, 0.3) is 11.8 Å². The molecular weight excluding hydrogens is 495 g/mol. The zero-order valence-corrected chi connectivity index (χ0v) is 19.8. The van der Waals surface area contributed by atoms with Crippen LogP contribution in [0.1, 0.15) is 11.1 Å². The molecule has 0 aromatic heterocycles. The van der Waals surface area contributed by atoms with Crippen LogP contribution in [0.2, 0.25) is 10.0 Å². The molecule has 0 spiro atoms. The summed E-state index contributed by atoms with van der Waals surface area (Å²) in [5.74, 6) is -1.40. The van der Waals surface area contributed by atoms with Gasteiger partial charge in [-0.05, 0) is 54.1 Å². The van der Waals surface area contributed by atoms with E-state index in [2.05, 4.69) is 5.32 Å². The van der Waals surface area contributed by atoms with Crippen molar-refractivity contribution in [1.82, 2.24) is 5.32 Å². The molecule has 1 heterocycles. The number of hydrogen-bond donors (Lipinski definition) is 2. The van der Waals surface area contributed by atoms with E-state index in [9.17, 15) is 19.5 Å². The molecule has 35 heavy (non-hydrogen) atoms. The average Bonchev–Trinajstić information content (AvgIpc) is 2.84. The molecule has 1 aliphatic heterocycles. The van der Waals surface area contributed by atoms with Crippen molar-refractivity contribution >= 4 is 52.8 Å². The fraction of sp³-hybridized carbons (Fsp3) is 0.0800. The summed E-state index contributed by atoms with van der Waals surface area (Å²) >= 11 is 12.1. The van der Waals surface area contributed by atoms with Crippen molar-refractivity contribution in [2.75, 3.05) is 12.0 Å². The highest BCUT2D eigenvalue weighted by molar-refractivity contribution is 6.39. The highest BCUT2D eigenvalue weighted by Crippen LogP contribution is 2.36. The minimum atomic E-state index is -0.886. The Labute approximate surface area is 210 Å². The van der Waals surface area contributed by atoms with Crippen LogP contribution in [-0.2, 0) is 16.2 Å². The van der Waals surface area contributed by atoms with Gasteiger partial charge < -0.3 is 14.6 Å². The molecular formula is C25H18Cl2N2O6. The number of hydrogen-bond acceptors (Lipinski definition) is 6. The Kier molecular flexibility index (Phi) is 6.95. The van der Waals surface area contributed by atoms with E-state index in [1.165, 1.54) is 37.5 Å². The molecule has 1 fully saturated rings. The zero-order valence-electron chi connectivity index (χ0n) is 18.2. The van der Waals surface area contributed by atoms with E-state index in [-0.39, 0.29) is 34.4 Å². The summed E-state index contributed by atoms with van der Waals surface area (Å²) in [6.45, 7) is 0.238. The van der Waals surface area contributed by atoms with Gasteiger partial charge in [-0.3, -0.25) is 14.9 Å². The number of benzene rings is 3. The Bertz CT molecular complexity index is 1350. The van der Waals surface area contributed by atoms with Crippen molar-refractivity contribution in [3.8, 4) is 17.2 Å². The van der Waals surface area contributed by atoms with Gasteiger partial charge >= 0.3 is 6.03 Å². The number of ether oxygens (including phenoxy) is 2. The van der Waals surface area contributed by atoms with Crippen LogP contribution in [0.25, 0.3) is 6.08 Å². The second-order valence-corrected chi connectivity index (χ2v) is 8.20. The molecule has 0 saturated carbocycles. The summed E-state index contributed by atoms with van der Waals surface area (Å²) in [5, 5.41) is 12.6. The monoisotopic (exact) mass is 512 g/mol. The second kappa shape index (κ2) is 10.1. The van der Waals surface area contributed by atoms with Crippen molar-refractivity contribution in [3.63, 3.8) is 0 Å². The molecule has 3 aromatic rings. The first-order chi connectivity index (χ1) is 16.8. The molecule has 0 unspecified atom stereocenters. The quantitative estimate of drug-likeness (QED) is 0.357. The largest absolute Gasteiger partial charge is 0.503 e. The van der Waals surface area contributed by atoms with Crippen LogP contribution in [0.15, 0.2) is 66.2 Å². The summed E-state index contributed by atoms with van der Waals surface area (Å²) in [6.07, 6.45) is 1.26. The number of nitrogens with one attached hydrogen (secondary N) is 1. The number of phenolic OH excluding ortho intramolecular Hbond substituents is 1. The molecule has 4 amide bonds. The molecule has 10 heteroatoms. The lowest BCUT2D eigenvalue weighted by atomic mass is 10.1. The van der Waals surface area contributed by atoms with E-state index in [1.807, 2.05) is 18.2 Å². The first-order valence-corrected chi connectivity index (χ1v) is 11.0. The number of phenols is 1. The van der Waals surface area contributed by atoms with Crippen LogP contribution in [0.5, 0.6) is 17.2 Å². The Morgan fingerprint density at radius 3 is 2.40 bits per heavy atom. The zero-order chi connectivity index (χ0) is 25.1. The van der Waals surface area contributed by atoms with Crippen LogP contribution >= 0.6 is 23.2 Å². The van der Waals surface area contributed by atoms with Crippen molar-refractivity contribution < 1.29 is 29.0 Å². The highest BCUT2D eigenvalue weighted by atomic mass is 35.5. The molecule has 4 rings (SSSR count). The van der Waals surface area contributed by atoms with Crippen LogP contribution < -0.4 is 19.7 Å². The molecule has 8 nitrogen and oxygen atoms in total. The lowest BCUT2D eigenvalue weighted by Crippen LogP contribution is -2.54. The minimum Gasteiger partial charge on any atom is -0.503 e. The number of carbonyl (C=O) groups is 3. The lowest BCUT2D eigenvalue weighted by molar-refractivity contribution is -0.122. The van der Waals surface area contributed by atoms with Crippen LogP contribution in [0.4, 0.5) is 10.5 Å². The number of rotatable bonds is 6. The smallest absolute Gasteiger partial charge is 0.335 e.